The predicted octanol–water partition coefficient (Wildman–Crippen LogP) is 2.70. The van der Waals surface area contributed by atoms with Crippen LogP contribution in [0.25, 0.3) is 0 Å². The number of benzene rings is 1. The standard InChI is InChI=1S/C14H17F3N2O3.ClH/c15-14(16,17)22-11-3-1-2-10(8-11)19-13(20)12(18)9-4-6-21-7-5-9;/h1-3,8-9,12H,4-7,18H2,(H,19,20);1H. The third-order valence-corrected chi connectivity index (χ3v) is 3.41. The second kappa shape index (κ2) is 8.37. The third kappa shape index (κ3) is 6.25. The molecule has 1 aromatic rings. The molecule has 23 heavy (non-hydrogen) atoms. The quantitative estimate of drug-likeness (QED) is 0.872. The Bertz CT molecular complexity index is 522. The van der Waals surface area contributed by atoms with Crippen LogP contribution in [0.4, 0.5) is 18.9 Å². The number of halogens is 4. The molecule has 1 aromatic carbocycles. The molecule has 1 amide bonds. The molecule has 0 saturated carbocycles. The Morgan fingerprint density at radius 3 is 2.61 bits per heavy atom. The molecule has 1 unspecified atom stereocenters. The zero-order chi connectivity index (χ0) is 16.2. The van der Waals surface area contributed by atoms with Crippen molar-refractivity contribution in [2.24, 2.45) is 11.7 Å². The zero-order valence-corrected chi connectivity index (χ0v) is 13.0. The first-order chi connectivity index (χ1) is 10.3. The Morgan fingerprint density at radius 1 is 1.35 bits per heavy atom. The second-order valence-electron chi connectivity index (χ2n) is 5.04. The van der Waals surface area contributed by atoms with Crippen LogP contribution in [0.5, 0.6) is 5.75 Å². The van der Waals surface area contributed by atoms with Crippen molar-refractivity contribution in [1.82, 2.24) is 0 Å². The highest BCUT2D eigenvalue weighted by Gasteiger charge is 2.31. The van der Waals surface area contributed by atoms with Crippen LogP contribution in [0.2, 0.25) is 0 Å². The summed E-state index contributed by atoms with van der Waals surface area (Å²) in [5, 5.41) is 2.51. The Labute approximate surface area is 137 Å². The summed E-state index contributed by atoms with van der Waals surface area (Å²) in [6, 6.07) is 4.36. The highest BCUT2D eigenvalue weighted by Crippen LogP contribution is 2.25. The SMILES string of the molecule is Cl.NC(C(=O)Nc1cccc(OC(F)(F)F)c1)C1CCOCC1. The highest BCUT2D eigenvalue weighted by atomic mass is 35.5. The van der Waals surface area contributed by atoms with Gasteiger partial charge in [-0.05, 0) is 30.9 Å². The molecule has 1 heterocycles. The molecule has 1 atom stereocenters. The molecule has 130 valence electrons. The maximum Gasteiger partial charge on any atom is 0.573 e. The molecule has 0 radical (unpaired) electrons. The molecular formula is C14H18ClF3N2O3. The summed E-state index contributed by atoms with van der Waals surface area (Å²) in [7, 11) is 0. The van der Waals surface area contributed by atoms with E-state index in [0.717, 1.165) is 12.1 Å². The van der Waals surface area contributed by atoms with Gasteiger partial charge in [0.25, 0.3) is 0 Å². The van der Waals surface area contributed by atoms with E-state index in [9.17, 15) is 18.0 Å². The predicted molar refractivity (Wildman–Crippen MR) is 80.5 cm³/mol. The minimum absolute atomic E-state index is 0. The summed E-state index contributed by atoms with van der Waals surface area (Å²) in [5.41, 5.74) is 6.10. The summed E-state index contributed by atoms with van der Waals surface area (Å²) in [5.74, 6) is -0.829. The fourth-order valence-corrected chi connectivity index (χ4v) is 2.29. The Morgan fingerprint density at radius 2 is 2.00 bits per heavy atom. The van der Waals surface area contributed by atoms with Gasteiger partial charge in [-0.1, -0.05) is 6.07 Å². The Hall–Kier alpha value is -1.51. The van der Waals surface area contributed by atoms with Crippen LogP contribution in [0.1, 0.15) is 12.8 Å². The lowest BCUT2D eigenvalue weighted by molar-refractivity contribution is -0.274. The number of alkyl halides is 3. The van der Waals surface area contributed by atoms with Crippen LogP contribution in [0.3, 0.4) is 0 Å². The van der Waals surface area contributed by atoms with E-state index in [-0.39, 0.29) is 24.0 Å². The minimum Gasteiger partial charge on any atom is -0.406 e. The van der Waals surface area contributed by atoms with Crippen molar-refractivity contribution in [3.8, 4) is 5.75 Å². The number of carbonyl (C=O) groups is 1. The lowest BCUT2D eigenvalue weighted by Gasteiger charge is -2.26. The van der Waals surface area contributed by atoms with Gasteiger partial charge in [-0.2, -0.15) is 0 Å². The van der Waals surface area contributed by atoms with E-state index in [1.54, 1.807) is 0 Å². The molecule has 0 bridgehead atoms. The lowest BCUT2D eigenvalue weighted by atomic mass is 9.92. The molecule has 0 aliphatic carbocycles. The maximum absolute atomic E-state index is 12.2. The number of ether oxygens (including phenoxy) is 2. The van der Waals surface area contributed by atoms with E-state index in [0.29, 0.717) is 26.1 Å². The molecule has 1 aliphatic rings. The normalized spacial score (nSPS) is 17.0. The van der Waals surface area contributed by atoms with Crippen molar-refractivity contribution in [2.75, 3.05) is 18.5 Å². The molecule has 1 fully saturated rings. The Kier molecular flexibility index (Phi) is 7.11. The summed E-state index contributed by atoms with van der Waals surface area (Å²) in [4.78, 5) is 12.1. The van der Waals surface area contributed by atoms with Crippen LogP contribution < -0.4 is 15.8 Å². The molecule has 2 rings (SSSR count). The maximum atomic E-state index is 12.2. The molecule has 9 heteroatoms. The van der Waals surface area contributed by atoms with Crippen molar-refractivity contribution in [2.45, 2.75) is 25.2 Å². The number of anilines is 1. The van der Waals surface area contributed by atoms with Gasteiger partial charge in [0, 0.05) is 25.0 Å². The van der Waals surface area contributed by atoms with E-state index in [2.05, 4.69) is 10.1 Å². The van der Waals surface area contributed by atoms with Gasteiger partial charge in [0.2, 0.25) is 5.91 Å². The number of rotatable bonds is 4. The zero-order valence-electron chi connectivity index (χ0n) is 12.1. The van der Waals surface area contributed by atoms with Gasteiger partial charge in [0.05, 0.1) is 6.04 Å². The van der Waals surface area contributed by atoms with Crippen molar-refractivity contribution >= 4 is 24.0 Å². The molecule has 3 N–H and O–H groups in total. The molecule has 1 aliphatic heterocycles. The fourth-order valence-electron chi connectivity index (χ4n) is 2.29. The number of hydrogen-bond acceptors (Lipinski definition) is 4. The molecule has 0 aromatic heterocycles. The number of nitrogens with two attached hydrogens (primary N) is 1. The number of amides is 1. The third-order valence-electron chi connectivity index (χ3n) is 3.41. The van der Waals surface area contributed by atoms with Gasteiger partial charge in [-0.3, -0.25) is 4.79 Å². The van der Waals surface area contributed by atoms with Crippen molar-refractivity contribution < 1.29 is 27.4 Å². The largest absolute Gasteiger partial charge is 0.573 e. The fraction of sp³-hybridized carbons (Fsp3) is 0.500. The smallest absolute Gasteiger partial charge is 0.406 e. The average molecular weight is 355 g/mol. The first-order valence-corrected chi connectivity index (χ1v) is 6.85. The summed E-state index contributed by atoms with van der Waals surface area (Å²) in [6.45, 7) is 1.11. The Balaban J connectivity index is 0.00000264. The molecule has 0 spiro atoms. The van der Waals surface area contributed by atoms with Gasteiger partial charge in [0.15, 0.2) is 0 Å². The minimum atomic E-state index is -4.78. The van der Waals surface area contributed by atoms with Gasteiger partial charge >= 0.3 is 6.36 Å². The van der Waals surface area contributed by atoms with Gasteiger partial charge in [-0.15, -0.1) is 25.6 Å². The molecule has 5 nitrogen and oxygen atoms in total. The van der Waals surface area contributed by atoms with E-state index in [1.165, 1.54) is 12.1 Å². The van der Waals surface area contributed by atoms with Crippen LogP contribution in [0, 0.1) is 5.92 Å². The number of carbonyl (C=O) groups excluding carboxylic acids is 1. The van der Waals surface area contributed by atoms with Crippen molar-refractivity contribution in [1.29, 1.82) is 0 Å². The highest BCUT2D eigenvalue weighted by molar-refractivity contribution is 5.95. The van der Waals surface area contributed by atoms with Gasteiger partial charge < -0.3 is 20.5 Å². The van der Waals surface area contributed by atoms with Crippen LogP contribution in [-0.2, 0) is 9.53 Å². The summed E-state index contributed by atoms with van der Waals surface area (Å²) in [6.07, 6.45) is -3.40. The van der Waals surface area contributed by atoms with E-state index in [1.807, 2.05) is 0 Å². The lowest BCUT2D eigenvalue weighted by Crippen LogP contribution is -2.44. The summed E-state index contributed by atoms with van der Waals surface area (Å²) < 4.78 is 45.5. The van der Waals surface area contributed by atoms with Crippen molar-refractivity contribution in [3.63, 3.8) is 0 Å². The van der Waals surface area contributed by atoms with Gasteiger partial charge in [0.1, 0.15) is 5.75 Å². The monoisotopic (exact) mass is 354 g/mol. The van der Waals surface area contributed by atoms with E-state index < -0.39 is 24.1 Å². The van der Waals surface area contributed by atoms with E-state index in [4.69, 9.17) is 10.5 Å². The second-order valence-corrected chi connectivity index (χ2v) is 5.04. The first kappa shape index (κ1) is 19.5. The number of nitrogens with one attached hydrogen (secondary N) is 1. The topological polar surface area (TPSA) is 73.6 Å². The summed E-state index contributed by atoms with van der Waals surface area (Å²) >= 11 is 0. The number of hydrogen-bond donors (Lipinski definition) is 2. The first-order valence-electron chi connectivity index (χ1n) is 6.85. The van der Waals surface area contributed by atoms with Crippen molar-refractivity contribution in [3.05, 3.63) is 24.3 Å². The van der Waals surface area contributed by atoms with E-state index >= 15 is 0 Å². The van der Waals surface area contributed by atoms with Crippen LogP contribution in [-0.4, -0.2) is 31.5 Å². The average Bonchev–Trinajstić information content (AvgIpc) is 2.46. The van der Waals surface area contributed by atoms with Gasteiger partial charge in [-0.25, -0.2) is 0 Å². The van der Waals surface area contributed by atoms with Crippen LogP contribution in [0.15, 0.2) is 24.3 Å². The molecular weight excluding hydrogens is 337 g/mol. The van der Waals surface area contributed by atoms with Crippen LogP contribution >= 0.6 is 12.4 Å². The molecule has 1 saturated heterocycles.